The van der Waals surface area contributed by atoms with Crippen LogP contribution in [0.2, 0.25) is 0 Å². The van der Waals surface area contributed by atoms with Crippen molar-refractivity contribution in [1.29, 1.82) is 5.26 Å². The number of hydrogen-bond donors (Lipinski definition) is 1. The van der Waals surface area contributed by atoms with E-state index in [1.165, 1.54) is 6.20 Å². The Balaban J connectivity index is 2.17. The van der Waals surface area contributed by atoms with Crippen LogP contribution in [0.25, 0.3) is 21.9 Å². The van der Waals surface area contributed by atoms with E-state index in [2.05, 4.69) is 6.07 Å². The first-order valence-corrected chi connectivity index (χ1v) is 7.14. The summed E-state index contributed by atoms with van der Waals surface area (Å²) in [6.07, 6.45) is 1.32. The van der Waals surface area contributed by atoms with Crippen molar-refractivity contribution >= 4 is 22.3 Å². The minimum Gasteiger partial charge on any atom is -0.711 e. The number of rotatable bonds is 2. The van der Waals surface area contributed by atoms with Crippen molar-refractivity contribution in [3.05, 3.63) is 59.4 Å². The Morgan fingerprint density at radius 3 is 2.48 bits per heavy atom. The van der Waals surface area contributed by atoms with Crippen LogP contribution >= 0.6 is 0 Å². The van der Waals surface area contributed by atoms with Gasteiger partial charge in [-0.2, -0.15) is 5.26 Å². The molecule has 5 nitrogen and oxygen atoms in total. The number of fused-ring (bicyclic) bond motifs is 1. The van der Waals surface area contributed by atoms with Gasteiger partial charge in [0.15, 0.2) is 0 Å². The third kappa shape index (κ3) is 2.51. The van der Waals surface area contributed by atoms with Crippen LogP contribution < -0.4 is 15.4 Å². The molecule has 2 N–H and O–H groups in total. The number of nitrogens with two attached hydrogens (primary N) is 1. The lowest BCUT2D eigenvalue weighted by molar-refractivity contribution is -0.589. The monoisotopic (exact) mass is 304 g/mol. The summed E-state index contributed by atoms with van der Waals surface area (Å²) < 4.78 is 0.506. The molecule has 0 bridgehead atoms. The summed E-state index contributed by atoms with van der Waals surface area (Å²) in [6, 6.07) is 15.8. The molecule has 5 heteroatoms. The first-order chi connectivity index (χ1) is 11.0. The Bertz CT molecular complexity index is 942. The Labute approximate surface area is 134 Å². The summed E-state index contributed by atoms with van der Waals surface area (Å²) >= 11 is 0. The maximum Gasteiger partial charge on any atom is 0.294 e. The molecule has 0 atom stereocenters. The third-order valence-corrected chi connectivity index (χ3v) is 3.90. The van der Waals surface area contributed by atoms with E-state index in [0.717, 1.165) is 22.0 Å². The summed E-state index contributed by atoms with van der Waals surface area (Å²) in [7, 11) is 4.00. The molecule has 0 aliphatic carbocycles. The Morgan fingerprint density at radius 1 is 1.09 bits per heavy atom. The molecule has 0 saturated carbocycles. The second-order valence-electron chi connectivity index (χ2n) is 5.57. The largest absolute Gasteiger partial charge is 0.711 e. The van der Waals surface area contributed by atoms with Crippen LogP contribution in [0.5, 0.6) is 0 Å². The fraction of sp³-hybridized carbons (Fsp3) is 0.111. The first-order valence-electron chi connectivity index (χ1n) is 7.14. The van der Waals surface area contributed by atoms with Crippen LogP contribution in [0, 0.1) is 16.5 Å². The van der Waals surface area contributed by atoms with Crippen LogP contribution in [0.15, 0.2) is 48.7 Å². The van der Waals surface area contributed by atoms with Crippen molar-refractivity contribution in [2.24, 2.45) is 0 Å². The SMILES string of the molecule is CN(C)c1ccc2cc(-c3cc[n+]([O-])c(N)c3C#N)ccc2c1. The predicted molar refractivity (Wildman–Crippen MR) is 91.8 cm³/mol. The van der Waals surface area contributed by atoms with Crippen molar-refractivity contribution in [3.8, 4) is 17.2 Å². The van der Waals surface area contributed by atoms with Gasteiger partial charge in [0.05, 0.1) is 6.20 Å². The standard InChI is InChI=1S/C18H16N4O/c1-21(2)15-6-5-12-9-14(4-3-13(12)10-15)16-7-8-22(23)18(20)17(16)11-19/h3-10H,20H2,1-2H3. The van der Waals surface area contributed by atoms with Gasteiger partial charge in [-0.25, -0.2) is 4.73 Å². The van der Waals surface area contributed by atoms with Crippen LogP contribution in [0.4, 0.5) is 11.5 Å². The van der Waals surface area contributed by atoms with E-state index < -0.39 is 0 Å². The van der Waals surface area contributed by atoms with Crippen LogP contribution in [-0.2, 0) is 0 Å². The molecule has 1 heterocycles. The van der Waals surface area contributed by atoms with Crippen molar-refractivity contribution < 1.29 is 4.73 Å². The second-order valence-corrected chi connectivity index (χ2v) is 5.57. The van der Waals surface area contributed by atoms with Gasteiger partial charge in [0.1, 0.15) is 11.6 Å². The number of nitrogens with zero attached hydrogens (tertiary/aromatic N) is 3. The van der Waals surface area contributed by atoms with Gasteiger partial charge in [-0.15, -0.1) is 0 Å². The summed E-state index contributed by atoms with van der Waals surface area (Å²) in [6.45, 7) is 0. The van der Waals surface area contributed by atoms with Crippen LogP contribution in [0.3, 0.4) is 0 Å². The number of hydrogen-bond acceptors (Lipinski definition) is 4. The maximum absolute atomic E-state index is 11.5. The molecule has 0 aliphatic heterocycles. The van der Waals surface area contributed by atoms with Crippen LogP contribution in [-0.4, -0.2) is 14.1 Å². The zero-order valence-corrected chi connectivity index (χ0v) is 12.9. The highest BCUT2D eigenvalue weighted by Crippen LogP contribution is 2.29. The molecular weight excluding hydrogens is 288 g/mol. The highest BCUT2D eigenvalue weighted by molar-refractivity contribution is 5.90. The molecule has 114 valence electrons. The number of aromatic nitrogens is 1. The lowest BCUT2D eigenvalue weighted by Gasteiger charge is -2.14. The molecule has 0 unspecified atom stereocenters. The van der Waals surface area contributed by atoms with E-state index in [4.69, 9.17) is 5.73 Å². The van der Waals surface area contributed by atoms with E-state index in [1.807, 2.05) is 55.4 Å². The van der Waals surface area contributed by atoms with Gasteiger partial charge in [0.2, 0.25) is 0 Å². The van der Waals surface area contributed by atoms with Gasteiger partial charge in [-0.1, -0.05) is 18.2 Å². The fourth-order valence-corrected chi connectivity index (χ4v) is 2.59. The average molecular weight is 304 g/mol. The highest BCUT2D eigenvalue weighted by atomic mass is 16.5. The Hall–Kier alpha value is -3.26. The number of anilines is 2. The molecule has 2 aromatic carbocycles. The molecule has 3 rings (SSSR count). The molecule has 0 spiro atoms. The maximum atomic E-state index is 11.5. The molecule has 0 fully saturated rings. The van der Waals surface area contributed by atoms with Crippen molar-refractivity contribution in [1.82, 2.24) is 0 Å². The van der Waals surface area contributed by atoms with E-state index in [1.54, 1.807) is 6.07 Å². The molecular formula is C18H16N4O. The quantitative estimate of drug-likeness (QED) is 0.583. The summed E-state index contributed by atoms with van der Waals surface area (Å²) in [4.78, 5) is 2.05. The lowest BCUT2D eigenvalue weighted by atomic mass is 9.98. The van der Waals surface area contributed by atoms with Crippen molar-refractivity contribution in [2.45, 2.75) is 0 Å². The number of benzene rings is 2. The van der Waals surface area contributed by atoms with Gasteiger partial charge in [-0.3, -0.25) is 5.73 Å². The topological polar surface area (TPSA) is 80.0 Å². The van der Waals surface area contributed by atoms with Crippen LogP contribution in [0.1, 0.15) is 5.56 Å². The molecule has 23 heavy (non-hydrogen) atoms. The summed E-state index contributed by atoms with van der Waals surface area (Å²) in [5, 5.41) is 23.0. The first kappa shape index (κ1) is 14.7. The Morgan fingerprint density at radius 2 is 1.78 bits per heavy atom. The normalized spacial score (nSPS) is 10.5. The zero-order chi connectivity index (χ0) is 16.6. The van der Waals surface area contributed by atoms with Gasteiger partial charge >= 0.3 is 0 Å². The zero-order valence-electron chi connectivity index (χ0n) is 12.9. The van der Waals surface area contributed by atoms with E-state index in [9.17, 15) is 10.5 Å². The van der Waals surface area contributed by atoms with E-state index in [-0.39, 0.29) is 11.4 Å². The molecule has 0 aliphatic rings. The number of nitrogen functional groups attached to an aromatic ring is 1. The smallest absolute Gasteiger partial charge is 0.294 e. The third-order valence-electron chi connectivity index (χ3n) is 3.90. The summed E-state index contributed by atoms with van der Waals surface area (Å²) in [5.41, 5.74) is 8.57. The predicted octanol–water partition coefficient (Wildman–Crippen LogP) is 2.66. The minimum absolute atomic E-state index is 0.0759. The van der Waals surface area contributed by atoms with E-state index in [0.29, 0.717) is 10.3 Å². The van der Waals surface area contributed by atoms with Gasteiger partial charge in [0, 0.05) is 25.3 Å². The summed E-state index contributed by atoms with van der Waals surface area (Å²) in [5.74, 6) is -0.0759. The van der Waals surface area contributed by atoms with Gasteiger partial charge in [-0.05, 0) is 40.6 Å². The average Bonchev–Trinajstić information content (AvgIpc) is 2.56. The lowest BCUT2D eigenvalue weighted by Crippen LogP contribution is -2.31. The molecule has 1 aromatic heterocycles. The number of pyridine rings is 1. The van der Waals surface area contributed by atoms with Gasteiger partial charge in [0.25, 0.3) is 5.82 Å². The molecule has 0 saturated heterocycles. The minimum atomic E-state index is -0.0759. The Kier molecular flexibility index (Phi) is 3.51. The highest BCUT2D eigenvalue weighted by Gasteiger charge is 2.14. The van der Waals surface area contributed by atoms with E-state index >= 15 is 0 Å². The molecule has 0 amide bonds. The fourth-order valence-electron chi connectivity index (χ4n) is 2.59. The van der Waals surface area contributed by atoms with Crippen molar-refractivity contribution in [3.63, 3.8) is 0 Å². The molecule has 0 radical (unpaired) electrons. The van der Waals surface area contributed by atoms with Crippen molar-refractivity contribution in [2.75, 3.05) is 24.7 Å². The number of nitriles is 1. The van der Waals surface area contributed by atoms with Gasteiger partial charge < -0.3 is 10.1 Å². The molecule has 3 aromatic rings. The second kappa shape index (κ2) is 5.50.